The first-order valence-corrected chi connectivity index (χ1v) is 18.7. The molecule has 0 bridgehead atoms. The number of aliphatic hydroxyl groups excluding tert-OH is 1. The van der Waals surface area contributed by atoms with Gasteiger partial charge in [-0.15, -0.1) is 0 Å². The number of carbonyl (C=O) groups excluding carboxylic acids is 1. The normalized spacial score (nSPS) is 15.5. The van der Waals surface area contributed by atoms with Crippen molar-refractivity contribution < 1.29 is 28.4 Å². The highest BCUT2D eigenvalue weighted by molar-refractivity contribution is 7.47. The minimum absolute atomic E-state index is 0.0620. The number of unbranched alkanes of at least 4 members (excludes halogenated alkanes) is 6. The molecule has 0 aliphatic carbocycles. The number of rotatable bonds is 30. The largest absolute Gasteiger partial charge is 0.472 e. The van der Waals surface area contributed by atoms with E-state index in [2.05, 4.69) is 79.9 Å². The van der Waals surface area contributed by atoms with E-state index in [1.54, 1.807) is 6.08 Å². The predicted molar refractivity (Wildman–Crippen MR) is 193 cm³/mol. The van der Waals surface area contributed by atoms with Gasteiger partial charge in [0.05, 0.1) is 25.4 Å². The number of amides is 1. The first kappa shape index (κ1) is 43.7. The van der Waals surface area contributed by atoms with Crippen molar-refractivity contribution in [1.29, 1.82) is 0 Å². The molecule has 46 heavy (non-hydrogen) atoms. The van der Waals surface area contributed by atoms with Crippen molar-refractivity contribution >= 4 is 13.7 Å². The molecular weight excluding hydrogens is 599 g/mol. The average molecular weight is 663 g/mol. The van der Waals surface area contributed by atoms with Gasteiger partial charge < -0.3 is 21.1 Å². The van der Waals surface area contributed by atoms with Crippen LogP contribution in [0.3, 0.4) is 0 Å². The molecule has 5 N–H and O–H groups in total. The lowest BCUT2D eigenvalue weighted by Gasteiger charge is -2.23. The molecular formula is C37H63N2O6P. The molecule has 0 aromatic heterocycles. The van der Waals surface area contributed by atoms with Gasteiger partial charge in [-0.2, -0.15) is 0 Å². The van der Waals surface area contributed by atoms with Crippen LogP contribution in [0.2, 0.25) is 0 Å². The maximum Gasteiger partial charge on any atom is 0.472 e. The van der Waals surface area contributed by atoms with Gasteiger partial charge in [0.1, 0.15) is 0 Å². The zero-order valence-corrected chi connectivity index (χ0v) is 29.4. The number of aliphatic hydroxyl groups is 1. The fourth-order valence-corrected chi connectivity index (χ4v) is 4.91. The molecule has 8 nitrogen and oxygen atoms in total. The predicted octanol–water partition coefficient (Wildman–Crippen LogP) is 8.71. The topological polar surface area (TPSA) is 131 Å². The second-order valence-electron chi connectivity index (χ2n) is 11.0. The lowest BCUT2D eigenvalue weighted by Crippen LogP contribution is -2.45. The van der Waals surface area contributed by atoms with Crippen molar-refractivity contribution in [1.82, 2.24) is 5.32 Å². The first-order valence-electron chi connectivity index (χ1n) is 17.2. The van der Waals surface area contributed by atoms with Crippen molar-refractivity contribution in [2.75, 3.05) is 19.8 Å². The molecule has 0 fully saturated rings. The Bertz CT molecular complexity index is 986. The summed E-state index contributed by atoms with van der Waals surface area (Å²) in [5.41, 5.74) is 5.33. The van der Waals surface area contributed by atoms with Crippen molar-refractivity contribution in [2.24, 2.45) is 5.73 Å². The first-order chi connectivity index (χ1) is 22.4. The fourth-order valence-electron chi connectivity index (χ4n) is 4.15. The zero-order chi connectivity index (χ0) is 34.0. The third kappa shape index (κ3) is 30.3. The second kappa shape index (κ2) is 32.6. The van der Waals surface area contributed by atoms with Gasteiger partial charge in [-0.3, -0.25) is 13.8 Å². The van der Waals surface area contributed by atoms with E-state index in [1.807, 2.05) is 18.2 Å². The quantitative estimate of drug-likeness (QED) is 0.0344. The molecule has 0 aromatic carbocycles. The van der Waals surface area contributed by atoms with Crippen LogP contribution in [0.4, 0.5) is 0 Å². The summed E-state index contributed by atoms with van der Waals surface area (Å²) in [5.74, 6) is -0.285. The second-order valence-corrected chi connectivity index (χ2v) is 12.4. The summed E-state index contributed by atoms with van der Waals surface area (Å²) in [4.78, 5) is 22.4. The van der Waals surface area contributed by atoms with Crippen molar-refractivity contribution in [3.8, 4) is 0 Å². The fraction of sp³-hybridized carbons (Fsp3) is 0.595. The Balaban J connectivity index is 4.46. The smallest absolute Gasteiger partial charge is 0.387 e. The van der Waals surface area contributed by atoms with Crippen LogP contribution in [0, 0.1) is 0 Å². The lowest BCUT2D eigenvalue weighted by atomic mass is 10.1. The zero-order valence-electron chi connectivity index (χ0n) is 28.5. The van der Waals surface area contributed by atoms with E-state index >= 15 is 0 Å². The molecule has 0 saturated carbocycles. The monoisotopic (exact) mass is 662 g/mol. The third-order valence-electron chi connectivity index (χ3n) is 6.74. The average Bonchev–Trinajstić information content (AvgIpc) is 3.04. The number of allylic oxidation sites excluding steroid dienone is 13. The SMILES string of the molecule is CC/C=C\C/C=C\C/C=C\C/C=C\C/C=C\C/C=C\CCC(=O)NC(COP(=O)(O)OCCN)C(O)/C=C/CCCCCCCC. The molecule has 0 heterocycles. The Morgan fingerprint density at radius 2 is 1.26 bits per heavy atom. The minimum atomic E-state index is -4.35. The van der Waals surface area contributed by atoms with Gasteiger partial charge in [0, 0.05) is 13.0 Å². The summed E-state index contributed by atoms with van der Waals surface area (Å²) in [7, 11) is -4.35. The molecule has 9 heteroatoms. The van der Waals surface area contributed by atoms with E-state index in [9.17, 15) is 19.4 Å². The van der Waals surface area contributed by atoms with Gasteiger partial charge in [0.25, 0.3) is 0 Å². The summed E-state index contributed by atoms with van der Waals surface area (Å²) in [6, 6.07) is -0.902. The third-order valence-corrected chi connectivity index (χ3v) is 7.72. The molecule has 3 unspecified atom stereocenters. The number of nitrogens with one attached hydrogen (secondary N) is 1. The summed E-state index contributed by atoms with van der Waals surface area (Å²) < 4.78 is 21.9. The van der Waals surface area contributed by atoms with Crippen LogP contribution in [-0.2, 0) is 18.4 Å². The highest BCUT2D eigenvalue weighted by Gasteiger charge is 2.26. The molecule has 3 atom stereocenters. The van der Waals surface area contributed by atoms with Crippen LogP contribution in [0.25, 0.3) is 0 Å². The molecule has 0 aromatic rings. The van der Waals surface area contributed by atoms with E-state index in [0.29, 0.717) is 6.42 Å². The van der Waals surface area contributed by atoms with Gasteiger partial charge in [-0.1, -0.05) is 131 Å². The lowest BCUT2D eigenvalue weighted by molar-refractivity contribution is -0.122. The Kier molecular flexibility index (Phi) is 31.0. The number of phosphoric ester groups is 1. The number of carbonyl (C=O) groups is 1. The van der Waals surface area contributed by atoms with E-state index in [4.69, 9.17) is 14.8 Å². The maximum atomic E-state index is 12.6. The molecule has 1 amide bonds. The highest BCUT2D eigenvalue weighted by atomic mass is 31.2. The minimum Gasteiger partial charge on any atom is -0.387 e. The van der Waals surface area contributed by atoms with Crippen LogP contribution in [0.5, 0.6) is 0 Å². The number of hydrogen-bond acceptors (Lipinski definition) is 6. The summed E-state index contributed by atoms with van der Waals surface area (Å²) >= 11 is 0. The van der Waals surface area contributed by atoms with Crippen LogP contribution in [0.1, 0.15) is 110 Å². The molecule has 0 spiro atoms. The molecule has 0 rings (SSSR count). The number of nitrogens with two attached hydrogens (primary N) is 1. The van der Waals surface area contributed by atoms with Gasteiger partial charge >= 0.3 is 7.82 Å². The van der Waals surface area contributed by atoms with Crippen LogP contribution < -0.4 is 11.1 Å². The Hall–Kier alpha value is -2.32. The van der Waals surface area contributed by atoms with E-state index in [1.165, 1.54) is 25.7 Å². The summed E-state index contributed by atoms with van der Waals surface area (Å²) in [6.45, 7) is 3.87. The number of hydrogen-bond donors (Lipinski definition) is 4. The van der Waals surface area contributed by atoms with E-state index in [-0.39, 0.29) is 32.1 Å². The van der Waals surface area contributed by atoms with E-state index < -0.39 is 20.0 Å². The Morgan fingerprint density at radius 3 is 1.80 bits per heavy atom. The van der Waals surface area contributed by atoms with Crippen molar-refractivity contribution in [2.45, 2.75) is 122 Å². The van der Waals surface area contributed by atoms with Crippen LogP contribution >= 0.6 is 7.82 Å². The van der Waals surface area contributed by atoms with Crippen LogP contribution in [0.15, 0.2) is 85.1 Å². The molecule has 0 radical (unpaired) electrons. The Morgan fingerprint density at radius 1 is 0.739 bits per heavy atom. The molecule has 0 aliphatic heterocycles. The van der Waals surface area contributed by atoms with Crippen molar-refractivity contribution in [3.05, 3.63) is 85.1 Å². The Labute approximate surface area is 279 Å². The summed E-state index contributed by atoms with van der Waals surface area (Å²) in [6.07, 6.45) is 42.3. The highest BCUT2D eigenvalue weighted by Crippen LogP contribution is 2.43. The molecule has 262 valence electrons. The molecule has 0 aliphatic rings. The molecule has 0 saturated heterocycles. The van der Waals surface area contributed by atoms with Gasteiger partial charge in [0.15, 0.2) is 0 Å². The van der Waals surface area contributed by atoms with Gasteiger partial charge in [-0.25, -0.2) is 4.57 Å². The van der Waals surface area contributed by atoms with Crippen LogP contribution in [-0.4, -0.2) is 47.8 Å². The summed E-state index contributed by atoms with van der Waals surface area (Å²) in [5, 5.41) is 13.4. The van der Waals surface area contributed by atoms with Gasteiger partial charge in [-0.05, 0) is 57.8 Å². The maximum absolute atomic E-state index is 12.6. The number of phosphoric acid groups is 1. The van der Waals surface area contributed by atoms with Crippen molar-refractivity contribution in [3.63, 3.8) is 0 Å². The standard InChI is InChI=1S/C37H63N2O6P/c1-3-5-7-9-11-13-14-15-16-17-18-19-20-21-22-23-25-27-29-31-37(41)39-35(34-45-46(42,43)44-33-32-38)36(40)30-28-26-24-12-10-8-6-4-2/h5,7,11,13,15-16,18-19,21-22,25,27-28,30,35-36,40H,3-4,6,8-10,12,14,17,20,23-24,26,29,31-34,38H2,1-2H3,(H,39,41)(H,42,43)/b7-5-,13-11-,16-15-,19-18-,22-21-,27-25-,30-28+. The van der Waals surface area contributed by atoms with Gasteiger partial charge in [0.2, 0.25) is 5.91 Å². The van der Waals surface area contributed by atoms with E-state index in [0.717, 1.165) is 57.8 Å².